The smallest absolute Gasteiger partial charge is 0.286 e. The molecule has 9 heteroatoms. The Bertz CT molecular complexity index is 1110. The standard InChI is InChI=1S/C22H21Cl3N4O.C3H8O/c1-14-20(22(30)27-28-11-3-2-4-12-28)26-29(19-10-9-17(24)13-18(19)25)21(14)15-5-7-16(23)8-6-15;1-2-3-4/h5-10,13H,2-4,11-12H2,1H3,(H,27,30);4H,2-3H2,1H3. The van der Waals surface area contributed by atoms with Crippen LogP contribution < -0.4 is 5.43 Å². The van der Waals surface area contributed by atoms with Gasteiger partial charge in [-0.05, 0) is 56.5 Å². The molecule has 0 bridgehead atoms. The highest BCUT2D eigenvalue weighted by Gasteiger charge is 2.24. The molecule has 1 fully saturated rings. The summed E-state index contributed by atoms with van der Waals surface area (Å²) in [5, 5.41) is 16.1. The number of benzene rings is 2. The summed E-state index contributed by atoms with van der Waals surface area (Å²) in [6.45, 7) is 5.83. The zero-order valence-electron chi connectivity index (χ0n) is 19.3. The normalized spacial score (nSPS) is 13.8. The van der Waals surface area contributed by atoms with Gasteiger partial charge in [-0.25, -0.2) is 9.69 Å². The Balaban J connectivity index is 0.000000751. The molecule has 2 heterocycles. The third kappa shape index (κ3) is 6.52. The number of carbonyl (C=O) groups excluding carboxylic acids is 1. The van der Waals surface area contributed by atoms with E-state index in [-0.39, 0.29) is 5.91 Å². The average molecular weight is 524 g/mol. The molecule has 2 aromatic carbocycles. The molecule has 0 radical (unpaired) electrons. The molecular weight excluding hydrogens is 495 g/mol. The molecule has 34 heavy (non-hydrogen) atoms. The van der Waals surface area contributed by atoms with Gasteiger partial charge in [0.25, 0.3) is 5.91 Å². The lowest BCUT2D eigenvalue weighted by atomic mass is 10.1. The minimum atomic E-state index is -0.228. The molecule has 1 aliphatic heterocycles. The number of nitrogens with zero attached hydrogens (tertiary/aromatic N) is 3. The lowest BCUT2D eigenvalue weighted by molar-refractivity contribution is 0.0743. The average Bonchev–Trinajstić information content (AvgIpc) is 3.17. The summed E-state index contributed by atoms with van der Waals surface area (Å²) >= 11 is 18.6. The number of halogens is 3. The quantitative estimate of drug-likeness (QED) is 0.410. The predicted molar refractivity (Wildman–Crippen MR) is 139 cm³/mol. The van der Waals surface area contributed by atoms with Crippen LogP contribution in [0.2, 0.25) is 15.1 Å². The van der Waals surface area contributed by atoms with Crippen molar-refractivity contribution >= 4 is 40.7 Å². The largest absolute Gasteiger partial charge is 0.396 e. The maximum Gasteiger partial charge on any atom is 0.286 e. The molecule has 0 unspecified atom stereocenters. The Hall–Kier alpha value is -2.09. The van der Waals surface area contributed by atoms with Crippen molar-refractivity contribution in [2.24, 2.45) is 0 Å². The Morgan fingerprint density at radius 2 is 1.65 bits per heavy atom. The van der Waals surface area contributed by atoms with Crippen LogP contribution in [0.15, 0.2) is 42.5 Å². The fourth-order valence-electron chi connectivity index (χ4n) is 3.69. The van der Waals surface area contributed by atoms with Crippen molar-refractivity contribution in [2.75, 3.05) is 19.7 Å². The summed E-state index contributed by atoms with van der Waals surface area (Å²) in [6, 6.07) is 12.6. The second-order valence-corrected chi connectivity index (χ2v) is 9.33. The molecule has 1 saturated heterocycles. The summed E-state index contributed by atoms with van der Waals surface area (Å²) in [7, 11) is 0. The molecule has 2 N–H and O–H groups in total. The molecule has 4 rings (SSSR count). The number of amides is 1. The number of carbonyl (C=O) groups is 1. The number of piperidine rings is 1. The Labute approximate surface area is 215 Å². The van der Waals surface area contributed by atoms with Gasteiger partial charge in [0.1, 0.15) is 0 Å². The number of aliphatic hydroxyl groups excluding tert-OH is 1. The summed E-state index contributed by atoms with van der Waals surface area (Å²) in [6.07, 6.45) is 4.21. The van der Waals surface area contributed by atoms with Gasteiger partial charge in [0, 0.05) is 40.9 Å². The molecule has 6 nitrogen and oxygen atoms in total. The lowest BCUT2D eigenvalue weighted by Crippen LogP contribution is -2.45. The highest BCUT2D eigenvalue weighted by atomic mass is 35.5. The van der Waals surface area contributed by atoms with Crippen LogP contribution in [-0.2, 0) is 0 Å². The summed E-state index contributed by atoms with van der Waals surface area (Å²) < 4.78 is 1.70. The van der Waals surface area contributed by atoms with E-state index in [1.165, 1.54) is 6.42 Å². The molecule has 0 atom stereocenters. The summed E-state index contributed by atoms with van der Waals surface area (Å²) in [5.41, 5.74) is 6.42. The number of hydrogen-bond donors (Lipinski definition) is 2. The zero-order chi connectivity index (χ0) is 24.7. The van der Waals surface area contributed by atoms with Crippen LogP contribution in [0, 0.1) is 6.92 Å². The van der Waals surface area contributed by atoms with Gasteiger partial charge in [-0.15, -0.1) is 0 Å². The molecule has 182 valence electrons. The van der Waals surface area contributed by atoms with E-state index in [0.717, 1.165) is 49.2 Å². The van der Waals surface area contributed by atoms with Crippen LogP contribution in [0.3, 0.4) is 0 Å². The number of rotatable bonds is 5. The molecule has 1 amide bonds. The third-order valence-corrected chi connectivity index (χ3v) is 6.22. The van der Waals surface area contributed by atoms with Crippen molar-refractivity contribution in [3.63, 3.8) is 0 Å². The van der Waals surface area contributed by atoms with Crippen molar-refractivity contribution in [3.05, 3.63) is 68.8 Å². The van der Waals surface area contributed by atoms with Gasteiger partial charge in [0.05, 0.1) is 16.4 Å². The minimum Gasteiger partial charge on any atom is -0.396 e. The van der Waals surface area contributed by atoms with Gasteiger partial charge in [0.2, 0.25) is 0 Å². The van der Waals surface area contributed by atoms with Crippen LogP contribution >= 0.6 is 34.8 Å². The first-order valence-corrected chi connectivity index (χ1v) is 12.5. The maximum absolute atomic E-state index is 13.1. The SMILES string of the molecule is CCCO.Cc1c(C(=O)NN2CCCCC2)nn(-c2ccc(Cl)cc2Cl)c1-c1ccc(Cl)cc1. The van der Waals surface area contributed by atoms with Crippen LogP contribution in [0.25, 0.3) is 16.9 Å². The van der Waals surface area contributed by atoms with Crippen LogP contribution in [0.1, 0.15) is 48.7 Å². The van der Waals surface area contributed by atoms with Crippen molar-refractivity contribution in [2.45, 2.75) is 39.5 Å². The van der Waals surface area contributed by atoms with Crippen molar-refractivity contribution in [1.82, 2.24) is 20.2 Å². The predicted octanol–water partition coefficient (Wildman–Crippen LogP) is 6.33. The Morgan fingerprint density at radius 1 is 1.03 bits per heavy atom. The highest BCUT2D eigenvalue weighted by molar-refractivity contribution is 6.35. The number of hydrazine groups is 1. The van der Waals surface area contributed by atoms with Gasteiger partial charge in [-0.3, -0.25) is 10.2 Å². The third-order valence-electron chi connectivity index (χ3n) is 5.43. The van der Waals surface area contributed by atoms with E-state index < -0.39 is 0 Å². The van der Waals surface area contributed by atoms with E-state index in [4.69, 9.17) is 39.9 Å². The molecule has 3 aromatic rings. The number of aliphatic hydroxyl groups is 1. The molecule has 0 aliphatic carbocycles. The number of hydrogen-bond acceptors (Lipinski definition) is 4. The number of aromatic nitrogens is 2. The van der Waals surface area contributed by atoms with Gasteiger partial charge < -0.3 is 5.11 Å². The molecule has 1 aromatic heterocycles. The van der Waals surface area contributed by atoms with Crippen molar-refractivity contribution < 1.29 is 9.90 Å². The first kappa shape index (κ1) is 26.5. The minimum absolute atomic E-state index is 0.228. The van der Waals surface area contributed by atoms with E-state index in [1.54, 1.807) is 22.9 Å². The maximum atomic E-state index is 13.1. The fourth-order valence-corrected chi connectivity index (χ4v) is 4.30. The van der Waals surface area contributed by atoms with Crippen molar-refractivity contribution in [3.8, 4) is 16.9 Å². The first-order valence-electron chi connectivity index (χ1n) is 11.3. The second-order valence-electron chi connectivity index (χ2n) is 8.05. The van der Waals surface area contributed by atoms with Gasteiger partial charge in [0.15, 0.2) is 5.69 Å². The zero-order valence-corrected chi connectivity index (χ0v) is 21.6. The lowest BCUT2D eigenvalue weighted by Gasteiger charge is -2.26. The first-order chi connectivity index (χ1) is 16.3. The van der Waals surface area contributed by atoms with Crippen molar-refractivity contribution in [1.29, 1.82) is 0 Å². The molecular formula is C25H29Cl3N4O2. The van der Waals surface area contributed by atoms with Crippen LogP contribution in [-0.4, -0.2) is 45.5 Å². The molecule has 1 aliphatic rings. The highest BCUT2D eigenvalue weighted by Crippen LogP contribution is 2.33. The Kier molecular flexibility index (Phi) is 9.80. The number of nitrogens with one attached hydrogen (secondary N) is 1. The van der Waals surface area contributed by atoms with E-state index in [2.05, 4.69) is 10.5 Å². The van der Waals surface area contributed by atoms with Gasteiger partial charge in [-0.2, -0.15) is 5.10 Å². The van der Waals surface area contributed by atoms with Gasteiger partial charge >= 0.3 is 0 Å². The van der Waals surface area contributed by atoms with E-state index in [0.29, 0.717) is 33.1 Å². The summed E-state index contributed by atoms with van der Waals surface area (Å²) in [5.74, 6) is -0.228. The van der Waals surface area contributed by atoms with Gasteiger partial charge in [-0.1, -0.05) is 60.3 Å². The molecule has 0 spiro atoms. The molecule has 0 saturated carbocycles. The Morgan fingerprint density at radius 3 is 2.24 bits per heavy atom. The summed E-state index contributed by atoms with van der Waals surface area (Å²) in [4.78, 5) is 13.1. The second kappa shape index (κ2) is 12.6. The topological polar surface area (TPSA) is 70.4 Å². The van der Waals surface area contributed by atoms with Crippen LogP contribution in [0.5, 0.6) is 0 Å². The fraction of sp³-hybridized carbons (Fsp3) is 0.360. The van der Waals surface area contributed by atoms with E-state index >= 15 is 0 Å². The van der Waals surface area contributed by atoms with E-state index in [9.17, 15) is 4.79 Å². The van der Waals surface area contributed by atoms with E-state index in [1.807, 2.05) is 43.1 Å². The monoisotopic (exact) mass is 522 g/mol. The van der Waals surface area contributed by atoms with Crippen LogP contribution in [0.4, 0.5) is 0 Å².